The fourth-order valence-corrected chi connectivity index (χ4v) is 1.36. The van der Waals surface area contributed by atoms with Gasteiger partial charge in [-0.25, -0.2) is 0 Å². The van der Waals surface area contributed by atoms with Crippen LogP contribution in [0.1, 0.15) is 18.1 Å². The number of hydrogen-bond acceptors (Lipinski definition) is 2. The lowest BCUT2D eigenvalue weighted by Crippen LogP contribution is -1.96. The van der Waals surface area contributed by atoms with Crippen LogP contribution in [0.15, 0.2) is 18.2 Å². The SMILES string of the molecule is CC(=O)Cc1ccc(O)c(CCl)c1. The van der Waals surface area contributed by atoms with Crippen molar-refractivity contribution in [2.45, 2.75) is 19.2 Å². The summed E-state index contributed by atoms with van der Waals surface area (Å²) in [5.74, 6) is 0.547. The standard InChI is InChI=1S/C10H11ClO2/c1-7(12)4-8-2-3-10(13)9(5-8)6-11/h2-3,5,13H,4,6H2,1H3. The number of rotatable bonds is 3. The van der Waals surface area contributed by atoms with Crippen LogP contribution in [0.4, 0.5) is 0 Å². The zero-order valence-electron chi connectivity index (χ0n) is 7.38. The van der Waals surface area contributed by atoms with E-state index in [1.165, 1.54) is 6.92 Å². The fraction of sp³-hybridized carbons (Fsp3) is 0.300. The summed E-state index contributed by atoms with van der Waals surface area (Å²) in [7, 11) is 0. The van der Waals surface area contributed by atoms with Crippen LogP contribution in [0, 0.1) is 0 Å². The smallest absolute Gasteiger partial charge is 0.134 e. The second kappa shape index (κ2) is 4.28. The van der Waals surface area contributed by atoms with Crippen molar-refractivity contribution in [3.8, 4) is 5.75 Å². The van der Waals surface area contributed by atoms with Crippen molar-refractivity contribution in [3.05, 3.63) is 29.3 Å². The van der Waals surface area contributed by atoms with E-state index < -0.39 is 0 Å². The third kappa shape index (κ3) is 2.74. The second-order valence-electron chi connectivity index (χ2n) is 2.98. The van der Waals surface area contributed by atoms with Gasteiger partial charge in [-0.1, -0.05) is 12.1 Å². The number of phenolic OH excluding ortho intramolecular Hbond substituents is 1. The number of hydrogen-bond donors (Lipinski definition) is 1. The maximum atomic E-state index is 10.8. The lowest BCUT2D eigenvalue weighted by Gasteiger charge is -2.03. The summed E-state index contributed by atoms with van der Waals surface area (Å²) in [6, 6.07) is 5.05. The maximum Gasteiger partial charge on any atom is 0.134 e. The molecule has 2 nitrogen and oxygen atoms in total. The zero-order valence-corrected chi connectivity index (χ0v) is 8.14. The third-order valence-electron chi connectivity index (χ3n) is 1.74. The van der Waals surface area contributed by atoms with E-state index in [1.807, 2.05) is 0 Å². The molecule has 1 N–H and O–H groups in total. The molecule has 0 atom stereocenters. The van der Waals surface area contributed by atoms with Crippen molar-refractivity contribution < 1.29 is 9.90 Å². The summed E-state index contributed by atoms with van der Waals surface area (Å²) in [5.41, 5.74) is 1.56. The molecule has 1 rings (SSSR count). The molecule has 0 bridgehead atoms. The van der Waals surface area contributed by atoms with E-state index in [0.29, 0.717) is 12.0 Å². The Bertz CT molecular complexity index is 321. The van der Waals surface area contributed by atoms with Crippen LogP contribution in [-0.4, -0.2) is 10.9 Å². The number of benzene rings is 1. The van der Waals surface area contributed by atoms with E-state index in [0.717, 1.165) is 5.56 Å². The molecular weight excluding hydrogens is 188 g/mol. The first-order valence-corrected chi connectivity index (χ1v) is 4.53. The summed E-state index contributed by atoms with van der Waals surface area (Å²) in [4.78, 5) is 10.8. The first-order chi connectivity index (χ1) is 6.13. The minimum absolute atomic E-state index is 0.103. The van der Waals surface area contributed by atoms with Crippen LogP contribution in [0.5, 0.6) is 5.75 Å². The predicted octanol–water partition coefficient (Wildman–Crippen LogP) is 2.26. The van der Waals surface area contributed by atoms with Gasteiger partial charge in [0.1, 0.15) is 11.5 Å². The van der Waals surface area contributed by atoms with Gasteiger partial charge in [-0.3, -0.25) is 4.79 Å². The molecule has 0 aliphatic carbocycles. The van der Waals surface area contributed by atoms with Gasteiger partial charge in [0.05, 0.1) is 5.88 Å². The van der Waals surface area contributed by atoms with Crippen molar-refractivity contribution in [1.29, 1.82) is 0 Å². The molecule has 0 aliphatic rings. The first-order valence-electron chi connectivity index (χ1n) is 3.99. The number of carbonyl (C=O) groups is 1. The average molecular weight is 199 g/mol. The average Bonchev–Trinajstić information content (AvgIpc) is 2.07. The zero-order chi connectivity index (χ0) is 9.84. The summed E-state index contributed by atoms with van der Waals surface area (Å²) in [6.45, 7) is 1.53. The van der Waals surface area contributed by atoms with Gasteiger partial charge >= 0.3 is 0 Å². The van der Waals surface area contributed by atoms with Crippen molar-refractivity contribution in [3.63, 3.8) is 0 Å². The molecule has 0 saturated heterocycles. The van der Waals surface area contributed by atoms with E-state index in [1.54, 1.807) is 18.2 Å². The predicted molar refractivity (Wildman–Crippen MR) is 52.0 cm³/mol. The lowest BCUT2D eigenvalue weighted by molar-refractivity contribution is -0.116. The highest BCUT2D eigenvalue weighted by Crippen LogP contribution is 2.20. The van der Waals surface area contributed by atoms with Gasteiger partial charge in [-0.15, -0.1) is 11.6 Å². The molecule has 0 fully saturated rings. The molecule has 1 aromatic carbocycles. The number of phenols is 1. The van der Waals surface area contributed by atoms with Crippen LogP contribution in [0.25, 0.3) is 0 Å². The molecule has 0 aromatic heterocycles. The number of Topliss-reactive ketones (excluding diaryl/α,β-unsaturated/α-hetero) is 1. The molecule has 13 heavy (non-hydrogen) atoms. The molecule has 3 heteroatoms. The van der Waals surface area contributed by atoms with Gasteiger partial charge in [-0.05, 0) is 18.6 Å². The summed E-state index contributed by atoms with van der Waals surface area (Å²) in [6.07, 6.45) is 0.393. The van der Waals surface area contributed by atoms with Gasteiger partial charge in [0.25, 0.3) is 0 Å². The van der Waals surface area contributed by atoms with Gasteiger partial charge in [0, 0.05) is 12.0 Å². The largest absolute Gasteiger partial charge is 0.508 e. The van der Waals surface area contributed by atoms with E-state index in [4.69, 9.17) is 11.6 Å². The van der Waals surface area contributed by atoms with Crippen molar-refractivity contribution >= 4 is 17.4 Å². The Morgan fingerprint density at radius 1 is 1.54 bits per heavy atom. The highest BCUT2D eigenvalue weighted by atomic mass is 35.5. The first kappa shape index (κ1) is 10.1. The van der Waals surface area contributed by atoms with Crippen LogP contribution < -0.4 is 0 Å². The third-order valence-corrected chi connectivity index (χ3v) is 2.03. The maximum absolute atomic E-state index is 10.8. The van der Waals surface area contributed by atoms with E-state index in [2.05, 4.69) is 0 Å². The highest BCUT2D eigenvalue weighted by molar-refractivity contribution is 6.17. The Hall–Kier alpha value is -1.02. The van der Waals surface area contributed by atoms with E-state index >= 15 is 0 Å². The quantitative estimate of drug-likeness (QED) is 0.757. The van der Waals surface area contributed by atoms with Gasteiger partial charge in [-0.2, -0.15) is 0 Å². The molecular formula is C10H11ClO2. The van der Waals surface area contributed by atoms with Crippen molar-refractivity contribution in [1.82, 2.24) is 0 Å². The monoisotopic (exact) mass is 198 g/mol. The van der Waals surface area contributed by atoms with Gasteiger partial charge < -0.3 is 5.11 Å². The summed E-state index contributed by atoms with van der Waals surface area (Å²) >= 11 is 5.60. The number of carbonyl (C=O) groups excluding carboxylic acids is 1. The Balaban J connectivity index is 2.92. The highest BCUT2D eigenvalue weighted by Gasteiger charge is 2.03. The minimum Gasteiger partial charge on any atom is -0.508 e. The number of aromatic hydroxyl groups is 1. The molecule has 0 radical (unpaired) electrons. The summed E-state index contributed by atoms with van der Waals surface area (Å²) in [5, 5.41) is 9.30. The van der Waals surface area contributed by atoms with Crippen LogP contribution in [0.2, 0.25) is 0 Å². The van der Waals surface area contributed by atoms with Crippen LogP contribution in [0.3, 0.4) is 0 Å². The minimum atomic E-state index is 0.103. The molecule has 0 saturated carbocycles. The van der Waals surface area contributed by atoms with Gasteiger partial charge in [0.2, 0.25) is 0 Å². The van der Waals surface area contributed by atoms with Crippen molar-refractivity contribution in [2.24, 2.45) is 0 Å². The second-order valence-corrected chi connectivity index (χ2v) is 3.24. The lowest BCUT2D eigenvalue weighted by atomic mass is 10.1. The molecule has 70 valence electrons. The van der Waals surface area contributed by atoms with E-state index in [-0.39, 0.29) is 17.4 Å². The molecule has 0 aliphatic heterocycles. The number of alkyl halides is 1. The Kier molecular flexibility index (Phi) is 3.32. The van der Waals surface area contributed by atoms with Gasteiger partial charge in [0.15, 0.2) is 0 Å². The summed E-state index contributed by atoms with van der Waals surface area (Å²) < 4.78 is 0. The molecule has 0 spiro atoms. The molecule has 0 heterocycles. The Morgan fingerprint density at radius 2 is 2.23 bits per heavy atom. The number of halogens is 1. The topological polar surface area (TPSA) is 37.3 Å². The van der Waals surface area contributed by atoms with Crippen LogP contribution in [-0.2, 0) is 17.1 Å². The van der Waals surface area contributed by atoms with Crippen LogP contribution >= 0.6 is 11.6 Å². The molecule has 0 amide bonds. The Labute approximate surface area is 82.2 Å². The van der Waals surface area contributed by atoms with Crippen molar-refractivity contribution in [2.75, 3.05) is 0 Å². The molecule has 0 unspecified atom stereocenters. The molecule has 1 aromatic rings. The normalized spacial score (nSPS) is 10.0. The Morgan fingerprint density at radius 3 is 2.77 bits per heavy atom. The van der Waals surface area contributed by atoms with E-state index in [9.17, 15) is 9.90 Å². The number of ketones is 1. The fourth-order valence-electron chi connectivity index (χ4n) is 1.14.